The molecule has 4 rings (SSSR count). The van der Waals surface area contributed by atoms with E-state index in [2.05, 4.69) is 4.90 Å². The van der Waals surface area contributed by atoms with Gasteiger partial charge in [0.15, 0.2) is 0 Å². The van der Waals surface area contributed by atoms with Gasteiger partial charge in [-0.2, -0.15) is 17.0 Å². The molecule has 0 N–H and O–H groups in total. The van der Waals surface area contributed by atoms with Crippen LogP contribution in [0.2, 0.25) is 5.02 Å². The van der Waals surface area contributed by atoms with E-state index in [0.717, 1.165) is 22.2 Å². The van der Waals surface area contributed by atoms with E-state index in [9.17, 15) is 8.42 Å². The molecule has 0 bridgehead atoms. The van der Waals surface area contributed by atoms with Gasteiger partial charge in [-0.15, -0.1) is 0 Å². The van der Waals surface area contributed by atoms with Gasteiger partial charge in [0.1, 0.15) is 0 Å². The fourth-order valence-electron chi connectivity index (χ4n) is 3.79. The van der Waals surface area contributed by atoms with E-state index in [4.69, 9.17) is 21.3 Å². The second-order valence-electron chi connectivity index (χ2n) is 7.21. The Morgan fingerprint density at radius 2 is 1.68 bits per heavy atom. The second-order valence-corrected chi connectivity index (χ2v) is 9.52. The number of hydrogen-bond donors (Lipinski definition) is 0. The molecule has 152 valence electrons. The fraction of sp³-hybridized carbons (Fsp3) is 0.526. The first-order chi connectivity index (χ1) is 13.5. The van der Waals surface area contributed by atoms with Gasteiger partial charge in [-0.3, -0.25) is 4.90 Å². The maximum absolute atomic E-state index is 12.8. The maximum Gasteiger partial charge on any atom is 0.282 e. The van der Waals surface area contributed by atoms with Crippen LogP contribution in [0.3, 0.4) is 0 Å². The number of aromatic nitrogens is 1. The summed E-state index contributed by atoms with van der Waals surface area (Å²) in [6.07, 6.45) is 0. The predicted molar refractivity (Wildman–Crippen MR) is 110 cm³/mol. The third kappa shape index (κ3) is 3.90. The van der Waals surface area contributed by atoms with Crippen LogP contribution in [0, 0.1) is 6.92 Å². The van der Waals surface area contributed by atoms with Crippen LogP contribution in [0.4, 0.5) is 0 Å². The van der Waals surface area contributed by atoms with Crippen LogP contribution in [0.15, 0.2) is 24.3 Å². The summed E-state index contributed by atoms with van der Waals surface area (Å²) < 4.78 is 34.0. The number of morpholine rings is 1. The molecule has 2 aliphatic rings. The molecule has 0 atom stereocenters. The van der Waals surface area contributed by atoms with Crippen molar-refractivity contribution in [3.05, 3.63) is 40.5 Å². The maximum atomic E-state index is 12.8. The van der Waals surface area contributed by atoms with E-state index in [1.165, 1.54) is 4.31 Å². The fourth-order valence-corrected chi connectivity index (χ4v) is 5.56. The molecular formula is C19H25ClN4O3S. The van der Waals surface area contributed by atoms with E-state index in [-0.39, 0.29) is 0 Å². The van der Waals surface area contributed by atoms with Gasteiger partial charge < -0.3 is 4.74 Å². The first-order valence-electron chi connectivity index (χ1n) is 9.56. The normalized spacial score (nSPS) is 20.6. The van der Waals surface area contributed by atoms with Crippen molar-refractivity contribution in [3.8, 4) is 0 Å². The van der Waals surface area contributed by atoms with Gasteiger partial charge in [0.05, 0.1) is 29.4 Å². The van der Waals surface area contributed by atoms with Gasteiger partial charge in [0.2, 0.25) is 0 Å². The lowest BCUT2D eigenvalue weighted by Gasteiger charge is -2.37. The minimum absolute atomic E-state index is 0.429. The Morgan fingerprint density at radius 3 is 2.39 bits per heavy atom. The molecule has 2 saturated heterocycles. The van der Waals surface area contributed by atoms with Crippen molar-refractivity contribution in [2.45, 2.75) is 13.5 Å². The van der Waals surface area contributed by atoms with Crippen LogP contribution in [-0.4, -0.2) is 79.4 Å². The van der Waals surface area contributed by atoms with Crippen LogP contribution in [0.25, 0.3) is 10.9 Å². The first-order valence-corrected chi connectivity index (χ1v) is 11.3. The van der Waals surface area contributed by atoms with Crippen molar-refractivity contribution in [2.24, 2.45) is 0 Å². The quantitative estimate of drug-likeness (QED) is 0.749. The molecule has 2 aromatic rings. The SMILES string of the molecule is Cc1c(Cl)c(CN2CCN(S(=O)(=O)N3CCOCC3)CC2)nc2ccccc12. The highest BCUT2D eigenvalue weighted by Crippen LogP contribution is 2.28. The summed E-state index contributed by atoms with van der Waals surface area (Å²) in [6.45, 7) is 6.69. The largest absolute Gasteiger partial charge is 0.379 e. The predicted octanol–water partition coefficient (Wildman–Crippen LogP) is 1.89. The number of ether oxygens (including phenoxy) is 1. The number of fused-ring (bicyclic) bond motifs is 1. The summed E-state index contributed by atoms with van der Waals surface area (Å²) in [5.41, 5.74) is 2.83. The molecule has 0 unspecified atom stereocenters. The number of rotatable bonds is 4. The second kappa shape index (κ2) is 8.22. The summed E-state index contributed by atoms with van der Waals surface area (Å²) in [4.78, 5) is 6.96. The molecule has 7 nitrogen and oxygen atoms in total. The molecule has 28 heavy (non-hydrogen) atoms. The highest BCUT2D eigenvalue weighted by atomic mass is 35.5. The zero-order chi connectivity index (χ0) is 19.7. The Balaban J connectivity index is 1.43. The molecule has 0 radical (unpaired) electrons. The Kier molecular flexibility index (Phi) is 5.87. The van der Waals surface area contributed by atoms with Gasteiger partial charge in [-0.05, 0) is 18.6 Å². The lowest BCUT2D eigenvalue weighted by atomic mass is 10.1. The molecule has 0 saturated carbocycles. The van der Waals surface area contributed by atoms with Crippen LogP contribution in [0.1, 0.15) is 11.3 Å². The minimum atomic E-state index is -3.41. The van der Waals surface area contributed by atoms with E-state index in [1.807, 2.05) is 31.2 Å². The van der Waals surface area contributed by atoms with E-state index >= 15 is 0 Å². The molecule has 2 fully saturated rings. The summed E-state index contributed by atoms with van der Waals surface area (Å²) in [5.74, 6) is 0. The Hall–Kier alpha value is -1.29. The zero-order valence-corrected chi connectivity index (χ0v) is 17.5. The van der Waals surface area contributed by atoms with Crippen LogP contribution in [0.5, 0.6) is 0 Å². The van der Waals surface area contributed by atoms with Crippen LogP contribution >= 0.6 is 11.6 Å². The van der Waals surface area contributed by atoms with Crippen molar-refractivity contribution in [1.82, 2.24) is 18.5 Å². The molecule has 0 aliphatic carbocycles. The lowest BCUT2D eigenvalue weighted by molar-refractivity contribution is 0.0683. The average molecular weight is 425 g/mol. The van der Waals surface area contributed by atoms with Gasteiger partial charge in [0, 0.05) is 51.2 Å². The number of halogens is 1. The number of benzene rings is 1. The standard InChI is InChI=1S/C19H25ClN4O3S/c1-15-16-4-2-3-5-17(16)21-18(19(15)20)14-22-6-8-23(9-7-22)28(25,26)24-10-12-27-13-11-24/h2-5H,6-14H2,1H3. The highest BCUT2D eigenvalue weighted by molar-refractivity contribution is 7.86. The number of para-hydroxylation sites is 1. The Bertz CT molecular complexity index is 955. The molecule has 2 aliphatic heterocycles. The number of aryl methyl sites for hydroxylation is 1. The third-order valence-corrected chi connectivity index (χ3v) is 8.01. The van der Waals surface area contributed by atoms with Gasteiger partial charge in [0.25, 0.3) is 10.2 Å². The van der Waals surface area contributed by atoms with E-state index in [1.54, 1.807) is 4.31 Å². The monoisotopic (exact) mass is 424 g/mol. The van der Waals surface area contributed by atoms with Crippen LogP contribution < -0.4 is 0 Å². The summed E-state index contributed by atoms with van der Waals surface area (Å²) >= 11 is 6.58. The molecule has 3 heterocycles. The van der Waals surface area contributed by atoms with Crippen molar-refractivity contribution >= 4 is 32.7 Å². The van der Waals surface area contributed by atoms with Crippen molar-refractivity contribution in [2.75, 3.05) is 52.5 Å². The number of nitrogens with zero attached hydrogens (tertiary/aromatic N) is 4. The van der Waals surface area contributed by atoms with Crippen LogP contribution in [-0.2, 0) is 21.5 Å². The van der Waals surface area contributed by atoms with Gasteiger partial charge in [-0.25, -0.2) is 4.98 Å². The topological polar surface area (TPSA) is 66.0 Å². The molecular weight excluding hydrogens is 400 g/mol. The molecule has 9 heteroatoms. The molecule has 0 spiro atoms. The van der Waals surface area contributed by atoms with E-state index in [0.29, 0.717) is 64.0 Å². The molecule has 1 aromatic heterocycles. The zero-order valence-electron chi connectivity index (χ0n) is 16.0. The highest BCUT2D eigenvalue weighted by Gasteiger charge is 2.33. The van der Waals surface area contributed by atoms with Crippen molar-refractivity contribution in [3.63, 3.8) is 0 Å². The third-order valence-electron chi connectivity index (χ3n) is 5.47. The molecule has 0 amide bonds. The Labute approximate surface area is 171 Å². The smallest absolute Gasteiger partial charge is 0.282 e. The van der Waals surface area contributed by atoms with Gasteiger partial charge in [-0.1, -0.05) is 29.8 Å². The number of hydrogen-bond acceptors (Lipinski definition) is 5. The minimum Gasteiger partial charge on any atom is -0.379 e. The summed E-state index contributed by atoms with van der Waals surface area (Å²) in [7, 11) is -3.41. The van der Waals surface area contributed by atoms with E-state index < -0.39 is 10.2 Å². The van der Waals surface area contributed by atoms with Crippen molar-refractivity contribution in [1.29, 1.82) is 0 Å². The number of pyridine rings is 1. The first kappa shape index (κ1) is 20.0. The van der Waals surface area contributed by atoms with Crippen molar-refractivity contribution < 1.29 is 13.2 Å². The summed E-state index contributed by atoms with van der Waals surface area (Å²) in [5, 5.41) is 1.76. The Morgan fingerprint density at radius 1 is 1.04 bits per heavy atom. The average Bonchev–Trinajstić information content (AvgIpc) is 2.73. The summed E-state index contributed by atoms with van der Waals surface area (Å²) in [6, 6.07) is 7.99. The number of piperazine rings is 1. The lowest BCUT2D eigenvalue weighted by Crippen LogP contribution is -2.54. The van der Waals surface area contributed by atoms with Gasteiger partial charge >= 0.3 is 0 Å². The molecule has 1 aromatic carbocycles.